The summed E-state index contributed by atoms with van der Waals surface area (Å²) >= 11 is 0. The van der Waals surface area contributed by atoms with Gasteiger partial charge in [0.05, 0.1) is 5.69 Å². The quantitative estimate of drug-likeness (QED) is 0.871. The molecule has 9 heteroatoms. The van der Waals surface area contributed by atoms with Crippen LogP contribution in [0.4, 0.5) is 5.82 Å². The third-order valence-electron chi connectivity index (χ3n) is 5.20. The molecule has 2 aliphatic rings. The third-order valence-corrected chi connectivity index (χ3v) is 5.20. The van der Waals surface area contributed by atoms with Crippen LogP contribution in [-0.4, -0.2) is 49.4 Å². The van der Waals surface area contributed by atoms with Gasteiger partial charge in [0.2, 0.25) is 5.82 Å². The van der Waals surface area contributed by atoms with E-state index in [1.807, 2.05) is 13.0 Å². The minimum Gasteiger partial charge on any atom is -0.337 e. The molecule has 1 saturated carbocycles. The maximum Gasteiger partial charge on any atom is 0.291 e. The van der Waals surface area contributed by atoms with Crippen molar-refractivity contribution < 1.29 is 9.59 Å². The Morgan fingerprint density at radius 2 is 2.12 bits per heavy atom. The van der Waals surface area contributed by atoms with E-state index in [0.29, 0.717) is 18.9 Å². The number of rotatable bonds is 4. The van der Waals surface area contributed by atoms with Crippen molar-refractivity contribution in [2.45, 2.75) is 51.7 Å². The molecule has 3 heterocycles. The van der Waals surface area contributed by atoms with E-state index in [9.17, 15) is 9.59 Å². The molecule has 2 amide bonds. The molecule has 2 aromatic rings. The van der Waals surface area contributed by atoms with E-state index in [2.05, 4.69) is 20.5 Å². The van der Waals surface area contributed by atoms with Crippen molar-refractivity contribution in [1.29, 1.82) is 0 Å². The van der Waals surface area contributed by atoms with Gasteiger partial charge in [0, 0.05) is 26.2 Å². The maximum absolute atomic E-state index is 12.7. The summed E-state index contributed by atoms with van der Waals surface area (Å²) in [7, 11) is 1.70. The Labute approximate surface area is 151 Å². The summed E-state index contributed by atoms with van der Waals surface area (Å²) in [6.07, 6.45) is 5.75. The summed E-state index contributed by atoms with van der Waals surface area (Å²) < 4.78 is 3.52. The van der Waals surface area contributed by atoms with E-state index < -0.39 is 11.9 Å². The van der Waals surface area contributed by atoms with Crippen LogP contribution in [0.15, 0.2) is 12.4 Å². The lowest BCUT2D eigenvalue weighted by atomic mass is 9.86. The van der Waals surface area contributed by atoms with Crippen LogP contribution in [-0.2, 0) is 17.9 Å². The molecule has 1 fully saturated rings. The number of carbonyl (C=O) groups excluding carboxylic acids is 2. The van der Waals surface area contributed by atoms with Crippen molar-refractivity contribution in [1.82, 2.24) is 29.9 Å². The first-order valence-corrected chi connectivity index (χ1v) is 9.03. The molecule has 1 N–H and O–H groups in total. The molecule has 0 aromatic carbocycles. The smallest absolute Gasteiger partial charge is 0.291 e. The van der Waals surface area contributed by atoms with Gasteiger partial charge in [-0.2, -0.15) is 5.10 Å². The van der Waals surface area contributed by atoms with Crippen LogP contribution in [0.3, 0.4) is 0 Å². The molecule has 1 atom stereocenters. The zero-order chi connectivity index (χ0) is 18.3. The number of carbonyl (C=O) groups is 2. The van der Waals surface area contributed by atoms with Crippen LogP contribution < -0.4 is 10.2 Å². The van der Waals surface area contributed by atoms with Crippen LogP contribution in [0.5, 0.6) is 0 Å². The van der Waals surface area contributed by atoms with E-state index >= 15 is 0 Å². The van der Waals surface area contributed by atoms with Gasteiger partial charge in [-0.05, 0) is 32.1 Å². The van der Waals surface area contributed by atoms with Crippen LogP contribution in [0, 0.1) is 12.8 Å². The van der Waals surface area contributed by atoms with Crippen molar-refractivity contribution in [2.75, 3.05) is 11.9 Å². The van der Waals surface area contributed by atoms with Gasteiger partial charge in [0.25, 0.3) is 11.8 Å². The van der Waals surface area contributed by atoms with Crippen molar-refractivity contribution >= 4 is 17.6 Å². The van der Waals surface area contributed by atoms with Crippen molar-refractivity contribution in [3.05, 3.63) is 23.9 Å². The number of nitrogens with zero attached hydrogens (tertiary/aromatic N) is 6. The van der Waals surface area contributed by atoms with Gasteiger partial charge in [-0.1, -0.05) is 6.42 Å². The first-order valence-electron chi connectivity index (χ1n) is 9.03. The fourth-order valence-corrected chi connectivity index (χ4v) is 3.47. The number of amides is 2. The topological polar surface area (TPSA) is 97.9 Å². The number of nitrogens with one attached hydrogen (secondary N) is 1. The second-order valence-electron chi connectivity index (χ2n) is 7.17. The van der Waals surface area contributed by atoms with Crippen molar-refractivity contribution in [3.8, 4) is 0 Å². The number of likely N-dealkylation sites (N-methyl/N-ethyl adjacent to an activating group) is 1. The second kappa shape index (κ2) is 6.54. The van der Waals surface area contributed by atoms with Crippen LogP contribution in [0.25, 0.3) is 0 Å². The van der Waals surface area contributed by atoms with Gasteiger partial charge in [-0.25, -0.2) is 9.67 Å². The van der Waals surface area contributed by atoms with Gasteiger partial charge in [-0.15, -0.1) is 5.10 Å². The SMILES string of the molecule is Cc1cc2n(n1)CCC(NC(=O)c1ncn(CC3CCC3)n1)C(=O)N2C. The summed E-state index contributed by atoms with van der Waals surface area (Å²) in [5.41, 5.74) is 0.864. The van der Waals surface area contributed by atoms with E-state index in [1.165, 1.54) is 19.3 Å². The lowest BCUT2D eigenvalue weighted by Crippen LogP contribution is -2.47. The highest BCUT2D eigenvalue weighted by atomic mass is 16.2. The Morgan fingerprint density at radius 1 is 1.31 bits per heavy atom. The number of hydrogen-bond donors (Lipinski definition) is 1. The Morgan fingerprint density at radius 3 is 2.85 bits per heavy atom. The predicted octanol–water partition coefficient (Wildman–Crippen LogP) is 0.748. The largest absolute Gasteiger partial charge is 0.337 e. The normalized spacial score (nSPS) is 20.5. The summed E-state index contributed by atoms with van der Waals surface area (Å²) in [5, 5.41) is 11.4. The van der Waals surface area contributed by atoms with Gasteiger partial charge in [0.1, 0.15) is 18.2 Å². The zero-order valence-corrected chi connectivity index (χ0v) is 15.1. The Bertz CT molecular complexity index is 836. The van der Waals surface area contributed by atoms with Gasteiger partial charge >= 0.3 is 0 Å². The van der Waals surface area contributed by atoms with Crippen molar-refractivity contribution in [3.63, 3.8) is 0 Å². The Balaban J connectivity index is 1.42. The molecular formula is C17H23N7O2. The lowest BCUT2D eigenvalue weighted by Gasteiger charge is -2.24. The number of fused-ring (bicyclic) bond motifs is 1. The highest BCUT2D eigenvalue weighted by Gasteiger charge is 2.31. The van der Waals surface area contributed by atoms with Gasteiger partial charge < -0.3 is 5.32 Å². The molecule has 9 nitrogen and oxygen atoms in total. The van der Waals surface area contributed by atoms with Gasteiger partial charge in [0.15, 0.2) is 0 Å². The monoisotopic (exact) mass is 357 g/mol. The summed E-state index contributed by atoms with van der Waals surface area (Å²) in [6.45, 7) is 3.25. The molecule has 0 spiro atoms. The molecule has 138 valence electrons. The summed E-state index contributed by atoms with van der Waals surface area (Å²) in [5.74, 6) is 0.908. The maximum atomic E-state index is 12.7. The highest BCUT2D eigenvalue weighted by molar-refractivity contribution is 6.00. The molecule has 1 aliphatic carbocycles. The van der Waals surface area contributed by atoms with Crippen LogP contribution in [0.2, 0.25) is 0 Å². The average Bonchev–Trinajstić information content (AvgIpc) is 3.17. The Kier molecular flexibility index (Phi) is 4.21. The first kappa shape index (κ1) is 16.7. The molecule has 1 unspecified atom stereocenters. The van der Waals surface area contributed by atoms with Crippen LogP contribution in [0.1, 0.15) is 42.0 Å². The molecular weight excluding hydrogens is 334 g/mol. The average molecular weight is 357 g/mol. The van der Waals surface area contributed by atoms with Crippen molar-refractivity contribution in [2.24, 2.45) is 5.92 Å². The van der Waals surface area contributed by atoms with E-state index in [0.717, 1.165) is 18.1 Å². The number of anilines is 1. The standard InChI is InChI=1S/C17H23N7O2/c1-11-8-14-22(2)17(26)13(6-7-24(14)20-11)19-16(25)15-18-10-23(21-15)9-12-4-3-5-12/h8,10,12-13H,3-7,9H2,1-2H3,(H,19,25). The van der Waals surface area contributed by atoms with Gasteiger partial charge in [-0.3, -0.25) is 19.2 Å². The molecule has 26 heavy (non-hydrogen) atoms. The lowest BCUT2D eigenvalue weighted by molar-refractivity contribution is -0.120. The minimum atomic E-state index is -0.618. The fourth-order valence-electron chi connectivity index (χ4n) is 3.47. The van der Waals surface area contributed by atoms with E-state index in [-0.39, 0.29) is 11.7 Å². The van der Waals surface area contributed by atoms with E-state index in [4.69, 9.17) is 0 Å². The highest BCUT2D eigenvalue weighted by Crippen LogP contribution is 2.27. The molecule has 0 bridgehead atoms. The summed E-state index contributed by atoms with van der Waals surface area (Å²) in [6, 6.07) is 1.25. The number of aryl methyl sites for hydroxylation is 2. The molecule has 2 aromatic heterocycles. The first-order chi connectivity index (χ1) is 12.5. The fraction of sp³-hybridized carbons (Fsp3) is 0.588. The summed E-state index contributed by atoms with van der Waals surface area (Å²) in [4.78, 5) is 30.8. The van der Waals surface area contributed by atoms with Crippen LogP contribution >= 0.6 is 0 Å². The molecule has 4 rings (SSSR count). The molecule has 0 radical (unpaired) electrons. The Hall–Kier alpha value is -2.71. The predicted molar refractivity (Wildman–Crippen MR) is 93.6 cm³/mol. The minimum absolute atomic E-state index is 0.109. The zero-order valence-electron chi connectivity index (χ0n) is 15.1. The van der Waals surface area contributed by atoms with E-state index in [1.54, 1.807) is 27.6 Å². The molecule has 1 aliphatic heterocycles. The third kappa shape index (κ3) is 3.09. The second-order valence-corrected chi connectivity index (χ2v) is 7.17. The molecule has 0 saturated heterocycles. The number of aromatic nitrogens is 5. The number of hydrogen-bond acceptors (Lipinski definition) is 5.